The number of allylic oxidation sites excluding steroid dienone is 4. The zero-order chi connectivity index (χ0) is 7.78. The zero-order valence-corrected chi connectivity index (χ0v) is 7.47. The molecule has 0 aliphatic heterocycles. The molecule has 0 amide bonds. The van der Waals surface area contributed by atoms with Crippen LogP contribution in [0, 0.1) is 6.92 Å². The van der Waals surface area contributed by atoms with Gasteiger partial charge in [0.2, 0.25) is 0 Å². The van der Waals surface area contributed by atoms with E-state index in [0.29, 0.717) is 16.5 Å². The van der Waals surface area contributed by atoms with Crippen molar-refractivity contribution in [1.82, 2.24) is 0 Å². The molecule has 0 saturated heterocycles. The molecular weight excluding hydrogens is 190 g/mol. The maximum Gasteiger partial charge on any atom is 0.0837 e. The fraction of sp³-hybridized carbons (Fsp3) is 0.286. The molecule has 0 N–H and O–H groups in total. The first-order valence-electron chi connectivity index (χ1n) is 2.80. The van der Waals surface area contributed by atoms with Crippen LogP contribution in [0.3, 0.4) is 0 Å². The third-order valence-corrected chi connectivity index (χ3v) is 2.50. The normalized spacial score (nSPS) is 33.2. The molecule has 1 aliphatic carbocycles. The Labute approximate surface area is 75.5 Å². The molecule has 1 rings (SSSR count). The first-order chi connectivity index (χ1) is 4.52. The van der Waals surface area contributed by atoms with Gasteiger partial charge in [0, 0.05) is 10.1 Å². The van der Waals surface area contributed by atoms with Crippen molar-refractivity contribution in [3.63, 3.8) is 0 Å². The van der Waals surface area contributed by atoms with Crippen LogP contribution in [0.15, 0.2) is 22.2 Å². The van der Waals surface area contributed by atoms with Gasteiger partial charge in [-0.3, -0.25) is 0 Å². The lowest BCUT2D eigenvalue weighted by atomic mass is 10.0. The second-order valence-corrected chi connectivity index (χ2v) is 3.82. The van der Waals surface area contributed by atoms with Crippen molar-refractivity contribution in [2.75, 3.05) is 0 Å². The van der Waals surface area contributed by atoms with Gasteiger partial charge in [0.25, 0.3) is 0 Å². The molecule has 0 aromatic carbocycles. The van der Waals surface area contributed by atoms with Gasteiger partial charge in [-0.1, -0.05) is 29.3 Å². The minimum Gasteiger partial charge on any atom is -0.113 e. The second-order valence-electron chi connectivity index (χ2n) is 2.25. The van der Waals surface area contributed by atoms with E-state index < -0.39 is 4.87 Å². The van der Waals surface area contributed by atoms with Gasteiger partial charge in [-0.05, 0) is 19.4 Å². The standard InChI is InChI=1S/C7H6Cl3/c1-7(10)3-2-5(8)4-6(7)9/h2,4H,1,3H2. The smallest absolute Gasteiger partial charge is 0.0837 e. The number of alkyl halides is 1. The van der Waals surface area contributed by atoms with Crippen molar-refractivity contribution in [2.45, 2.75) is 11.3 Å². The molecule has 55 valence electrons. The lowest BCUT2D eigenvalue weighted by Gasteiger charge is -2.22. The maximum atomic E-state index is 5.87. The number of halogens is 3. The summed E-state index contributed by atoms with van der Waals surface area (Å²) in [6.45, 7) is 3.71. The molecule has 1 atom stereocenters. The van der Waals surface area contributed by atoms with Crippen molar-refractivity contribution in [3.8, 4) is 0 Å². The highest BCUT2D eigenvalue weighted by atomic mass is 35.5. The van der Waals surface area contributed by atoms with Gasteiger partial charge in [0.15, 0.2) is 0 Å². The van der Waals surface area contributed by atoms with Crippen molar-refractivity contribution in [3.05, 3.63) is 29.1 Å². The first kappa shape index (κ1) is 8.45. The van der Waals surface area contributed by atoms with Crippen LogP contribution in [0.5, 0.6) is 0 Å². The van der Waals surface area contributed by atoms with Gasteiger partial charge >= 0.3 is 0 Å². The Bertz CT molecular complexity index is 201. The molecule has 0 spiro atoms. The van der Waals surface area contributed by atoms with Gasteiger partial charge in [-0.2, -0.15) is 0 Å². The summed E-state index contributed by atoms with van der Waals surface area (Å²) < 4.78 is 0. The van der Waals surface area contributed by atoms with E-state index in [9.17, 15) is 0 Å². The molecule has 1 radical (unpaired) electrons. The van der Waals surface area contributed by atoms with Crippen LogP contribution in [0.4, 0.5) is 0 Å². The van der Waals surface area contributed by atoms with Crippen molar-refractivity contribution >= 4 is 34.8 Å². The highest BCUT2D eigenvalue weighted by Gasteiger charge is 2.26. The molecular formula is C7H6Cl3. The molecule has 1 unspecified atom stereocenters. The van der Waals surface area contributed by atoms with Gasteiger partial charge in [0.1, 0.15) is 0 Å². The fourth-order valence-corrected chi connectivity index (χ4v) is 1.23. The number of rotatable bonds is 0. The van der Waals surface area contributed by atoms with E-state index in [0.717, 1.165) is 0 Å². The molecule has 1 aliphatic rings. The highest BCUT2D eigenvalue weighted by Crippen LogP contribution is 2.36. The molecule has 0 aromatic rings. The molecule has 0 heterocycles. The molecule has 0 nitrogen and oxygen atoms in total. The maximum absolute atomic E-state index is 5.87. The summed E-state index contributed by atoms with van der Waals surface area (Å²) in [6, 6.07) is 0. The topological polar surface area (TPSA) is 0 Å². The Morgan fingerprint density at radius 1 is 1.50 bits per heavy atom. The van der Waals surface area contributed by atoms with Gasteiger partial charge in [-0.15, -0.1) is 11.6 Å². The van der Waals surface area contributed by atoms with Crippen LogP contribution in [-0.4, -0.2) is 4.87 Å². The Morgan fingerprint density at radius 2 is 2.10 bits per heavy atom. The van der Waals surface area contributed by atoms with E-state index in [1.54, 1.807) is 12.2 Å². The Balaban J connectivity index is 2.88. The SMILES string of the molecule is [CH2]C1(Cl)CC=C(Cl)C=C1Cl. The minimum atomic E-state index is -0.694. The summed E-state index contributed by atoms with van der Waals surface area (Å²) in [6.07, 6.45) is 4.00. The monoisotopic (exact) mass is 195 g/mol. The van der Waals surface area contributed by atoms with Crippen molar-refractivity contribution in [1.29, 1.82) is 0 Å². The van der Waals surface area contributed by atoms with Crippen LogP contribution in [0.25, 0.3) is 0 Å². The minimum absolute atomic E-state index is 0.502. The average molecular weight is 196 g/mol. The van der Waals surface area contributed by atoms with Crippen LogP contribution < -0.4 is 0 Å². The van der Waals surface area contributed by atoms with Crippen molar-refractivity contribution in [2.24, 2.45) is 0 Å². The predicted molar refractivity (Wildman–Crippen MR) is 46.4 cm³/mol. The van der Waals surface area contributed by atoms with Crippen molar-refractivity contribution < 1.29 is 0 Å². The van der Waals surface area contributed by atoms with E-state index >= 15 is 0 Å². The Hall–Kier alpha value is 0.350. The Morgan fingerprint density at radius 3 is 2.50 bits per heavy atom. The number of hydrogen-bond donors (Lipinski definition) is 0. The number of hydrogen-bond acceptors (Lipinski definition) is 0. The second kappa shape index (κ2) is 2.77. The van der Waals surface area contributed by atoms with Gasteiger partial charge in [-0.25, -0.2) is 0 Å². The van der Waals surface area contributed by atoms with Crippen LogP contribution >= 0.6 is 34.8 Å². The van der Waals surface area contributed by atoms with E-state index in [1.165, 1.54) is 0 Å². The lowest BCUT2D eigenvalue weighted by molar-refractivity contribution is 0.844. The third kappa shape index (κ3) is 1.69. The summed E-state index contributed by atoms with van der Waals surface area (Å²) in [4.78, 5) is -0.694. The lowest BCUT2D eigenvalue weighted by Crippen LogP contribution is -2.18. The molecule has 0 saturated carbocycles. The van der Waals surface area contributed by atoms with E-state index in [4.69, 9.17) is 34.8 Å². The highest BCUT2D eigenvalue weighted by molar-refractivity contribution is 6.42. The summed E-state index contributed by atoms with van der Waals surface area (Å²) in [5, 5.41) is 1.13. The van der Waals surface area contributed by atoms with Gasteiger partial charge in [0.05, 0.1) is 4.87 Å². The Kier molecular flexibility index (Phi) is 2.34. The van der Waals surface area contributed by atoms with Crippen LogP contribution in [0.2, 0.25) is 0 Å². The summed E-state index contributed by atoms with van der Waals surface area (Å²) >= 11 is 17.3. The molecule has 0 bridgehead atoms. The van der Waals surface area contributed by atoms with E-state index in [-0.39, 0.29) is 0 Å². The van der Waals surface area contributed by atoms with Crippen LogP contribution in [0.1, 0.15) is 6.42 Å². The largest absolute Gasteiger partial charge is 0.113 e. The average Bonchev–Trinajstić information content (AvgIpc) is 1.81. The predicted octanol–water partition coefficient (Wildman–Crippen LogP) is 3.45. The fourth-order valence-electron chi connectivity index (χ4n) is 0.666. The third-order valence-electron chi connectivity index (χ3n) is 1.31. The van der Waals surface area contributed by atoms with E-state index in [2.05, 4.69) is 6.92 Å². The first-order valence-corrected chi connectivity index (χ1v) is 3.93. The van der Waals surface area contributed by atoms with Crippen LogP contribution in [-0.2, 0) is 0 Å². The quantitative estimate of drug-likeness (QED) is 0.521. The summed E-state index contributed by atoms with van der Waals surface area (Å²) in [5.74, 6) is 0. The molecule has 3 heteroatoms. The van der Waals surface area contributed by atoms with E-state index in [1.807, 2.05) is 0 Å². The summed E-state index contributed by atoms with van der Waals surface area (Å²) in [7, 11) is 0. The van der Waals surface area contributed by atoms with Gasteiger partial charge < -0.3 is 0 Å². The molecule has 0 aromatic heterocycles. The summed E-state index contributed by atoms with van der Waals surface area (Å²) in [5.41, 5.74) is 0. The molecule has 0 fully saturated rings. The zero-order valence-electron chi connectivity index (χ0n) is 5.20. The molecule has 10 heavy (non-hydrogen) atoms.